The third-order valence-electron chi connectivity index (χ3n) is 6.33. The summed E-state index contributed by atoms with van der Waals surface area (Å²) in [6.07, 6.45) is 6.11. The molecule has 3 aromatic rings. The summed E-state index contributed by atoms with van der Waals surface area (Å²) in [5.74, 6) is 0.578. The van der Waals surface area contributed by atoms with Crippen LogP contribution < -0.4 is 10.1 Å². The number of piperidine rings is 1. The third kappa shape index (κ3) is 3.68. The van der Waals surface area contributed by atoms with Crippen molar-refractivity contribution in [3.05, 3.63) is 58.1 Å². The van der Waals surface area contributed by atoms with Crippen LogP contribution in [-0.4, -0.2) is 41.0 Å². The number of hydrogen-bond donors (Lipinski definition) is 1. The van der Waals surface area contributed by atoms with E-state index in [4.69, 9.17) is 16.3 Å². The number of methoxy groups -OCH3 is 1. The summed E-state index contributed by atoms with van der Waals surface area (Å²) in [5.41, 5.74) is 1.29. The van der Waals surface area contributed by atoms with Gasteiger partial charge in [0.2, 0.25) is 0 Å². The highest BCUT2D eigenvalue weighted by molar-refractivity contribution is 7.20. The summed E-state index contributed by atoms with van der Waals surface area (Å²) in [6.45, 7) is 0.947. The number of thiophene rings is 1. The number of halogens is 1. The molecular formula is C23H24ClN3O2S. The molecule has 2 atom stereocenters. The molecular weight excluding hydrogens is 418 g/mol. The Kier molecular flexibility index (Phi) is 5.39. The summed E-state index contributed by atoms with van der Waals surface area (Å²) < 4.78 is 5.55. The lowest BCUT2D eigenvalue weighted by atomic mass is 9.96. The summed E-state index contributed by atoms with van der Waals surface area (Å²) in [6, 6.07) is 13.2. The summed E-state index contributed by atoms with van der Waals surface area (Å²) in [5, 5.41) is 4.95. The van der Waals surface area contributed by atoms with Gasteiger partial charge in [-0.2, -0.15) is 0 Å². The molecule has 1 aromatic carbocycles. The Labute approximate surface area is 185 Å². The predicted molar refractivity (Wildman–Crippen MR) is 120 cm³/mol. The monoisotopic (exact) mass is 441 g/mol. The lowest BCUT2D eigenvalue weighted by Gasteiger charge is -2.39. The van der Waals surface area contributed by atoms with Gasteiger partial charge in [-0.15, -0.1) is 11.3 Å². The molecule has 1 N–H and O–H groups in total. The lowest BCUT2D eigenvalue weighted by molar-refractivity contribution is 0.0829. The van der Waals surface area contributed by atoms with Gasteiger partial charge in [-0.05, 0) is 55.5 Å². The standard InChI is InChI=1S/C23H24ClN3O2S/c1-29-20-19-3-2-10-25-23(19)30-21(20)22(28)26-16-11-17-8-9-18(12-16)27(17)13-14-4-6-15(24)7-5-14/h2-7,10,16-18H,8-9,11-13H2,1H3,(H,26,28). The molecule has 2 aliphatic rings. The number of benzene rings is 1. The van der Waals surface area contributed by atoms with E-state index >= 15 is 0 Å². The number of nitrogens with zero attached hydrogens (tertiary/aromatic N) is 2. The molecule has 30 heavy (non-hydrogen) atoms. The van der Waals surface area contributed by atoms with Crippen LogP contribution in [0.15, 0.2) is 42.6 Å². The van der Waals surface area contributed by atoms with E-state index in [1.54, 1.807) is 13.3 Å². The lowest BCUT2D eigenvalue weighted by Crippen LogP contribution is -2.49. The maximum absolute atomic E-state index is 13.1. The molecule has 156 valence electrons. The topological polar surface area (TPSA) is 54.5 Å². The van der Waals surface area contributed by atoms with Gasteiger partial charge in [0.05, 0.1) is 12.5 Å². The number of carbonyl (C=O) groups excluding carboxylic acids is 1. The van der Waals surface area contributed by atoms with Crippen LogP contribution in [0.3, 0.4) is 0 Å². The van der Waals surface area contributed by atoms with Crippen LogP contribution in [0, 0.1) is 0 Å². The first-order valence-corrected chi connectivity index (χ1v) is 11.5. The number of aromatic nitrogens is 1. The molecule has 0 saturated carbocycles. The van der Waals surface area contributed by atoms with Crippen molar-refractivity contribution in [3.8, 4) is 5.75 Å². The molecule has 2 unspecified atom stereocenters. The summed E-state index contributed by atoms with van der Waals surface area (Å²) >= 11 is 7.42. The van der Waals surface area contributed by atoms with Crippen molar-refractivity contribution in [2.24, 2.45) is 0 Å². The Balaban J connectivity index is 1.28. The van der Waals surface area contributed by atoms with Crippen molar-refractivity contribution in [1.29, 1.82) is 0 Å². The summed E-state index contributed by atoms with van der Waals surface area (Å²) in [4.78, 5) is 21.5. The first-order valence-electron chi connectivity index (χ1n) is 10.3. The van der Waals surface area contributed by atoms with E-state index in [0.29, 0.717) is 22.7 Å². The van der Waals surface area contributed by atoms with Gasteiger partial charge in [-0.3, -0.25) is 9.69 Å². The number of carbonyl (C=O) groups is 1. The van der Waals surface area contributed by atoms with Gasteiger partial charge in [-0.1, -0.05) is 23.7 Å². The smallest absolute Gasteiger partial charge is 0.265 e. The van der Waals surface area contributed by atoms with Crippen molar-refractivity contribution in [2.75, 3.05) is 7.11 Å². The molecule has 4 heterocycles. The molecule has 0 radical (unpaired) electrons. The third-order valence-corrected chi connectivity index (χ3v) is 7.67. The quantitative estimate of drug-likeness (QED) is 0.612. The van der Waals surface area contributed by atoms with Gasteiger partial charge in [0.1, 0.15) is 9.71 Å². The molecule has 1 amide bonds. The molecule has 2 fully saturated rings. The van der Waals surface area contributed by atoms with Gasteiger partial charge in [0, 0.05) is 35.9 Å². The van der Waals surface area contributed by atoms with Crippen molar-refractivity contribution < 1.29 is 9.53 Å². The fourth-order valence-corrected chi connectivity index (χ4v) is 6.11. The minimum Gasteiger partial charge on any atom is -0.494 e. The molecule has 0 spiro atoms. The Morgan fingerprint density at radius 3 is 2.67 bits per heavy atom. The molecule has 2 bridgehead atoms. The molecule has 2 saturated heterocycles. The van der Waals surface area contributed by atoms with Crippen LogP contribution in [0.1, 0.15) is 40.9 Å². The van der Waals surface area contributed by atoms with Crippen LogP contribution in [0.4, 0.5) is 0 Å². The van der Waals surface area contributed by atoms with Crippen LogP contribution in [-0.2, 0) is 6.54 Å². The predicted octanol–water partition coefficient (Wildman–Crippen LogP) is 4.88. The number of ether oxygens (including phenoxy) is 1. The highest BCUT2D eigenvalue weighted by Crippen LogP contribution is 2.39. The fourth-order valence-electron chi connectivity index (χ4n) is 4.96. The summed E-state index contributed by atoms with van der Waals surface area (Å²) in [7, 11) is 1.61. The highest BCUT2D eigenvalue weighted by atomic mass is 35.5. The molecule has 5 rings (SSSR count). The van der Waals surface area contributed by atoms with Crippen LogP contribution in [0.25, 0.3) is 10.2 Å². The van der Waals surface area contributed by atoms with E-state index in [2.05, 4.69) is 27.3 Å². The molecule has 0 aliphatic carbocycles. The number of amides is 1. The minimum absolute atomic E-state index is 0.0506. The Hall–Kier alpha value is -2.15. The first-order chi connectivity index (χ1) is 14.6. The average Bonchev–Trinajstić information content (AvgIpc) is 3.23. The number of rotatable bonds is 5. The number of nitrogens with one attached hydrogen (secondary N) is 1. The van der Waals surface area contributed by atoms with Crippen LogP contribution in [0.2, 0.25) is 5.02 Å². The maximum atomic E-state index is 13.1. The minimum atomic E-state index is -0.0506. The van der Waals surface area contributed by atoms with Crippen LogP contribution in [0.5, 0.6) is 5.75 Å². The largest absolute Gasteiger partial charge is 0.494 e. The molecule has 5 nitrogen and oxygen atoms in total. The first kappa shape index (κ1) is 19.8. The van der Waals surface area contributed by atoms with E-state index < -0.39 is 0 Å². The van der Waals surface area contributed by atoms with Crippen LogP contribution >= 0.6 is 22.9 Å². The number of fused-ring (bicyclic) bond motifs is 3. The van der Waals surface area contributed by atoms with E-state index in [9.17, 15) is 4.79 Å². The van der Waals surface area contributed by atoms with E-state index in [1.807, 2.05) is 24.3 Å². The highest BCUT2D eigenvalue weighted by Gasteiger charge is 2.41. The van der Waals surface area contributed by atoms with Gasteiger partial charge in [0.15, 0.2) is 5.75 Å². The average molecular weight is 442 g/mol. The van der Waals surface area contributed by atoms with Crippen molar-refractivity contribution in [2.45, 2.75) is 50.4 Å². The normalized spacial score (nSPS) is 23.6. The van der Waals surface area contributed by atoms with E-state index in [-0.39, 0.29) is 11.9 Å². The molecule has 7 heteroatoms. The zero-order chi connectivity index (χ0) is 20.7. The number of pyridine rings is 1. The van der Waals surface area contributed by atoms with Crippen molar-refractivity contribution >= 4 is 39.1 Å². The van der Waals surface area contributed by atoms with Gasteiger partial charge < -0.3 is 10.1 Å². The van der Waals surface area contributed by atoms with Gasteiger partial charge >= 0.3 is 0 Å². The Bertz CT molecular complexity index is 1050. The van der Waals surface area contributed by atoms with E-state index in [1.165, 1.54) is 29.7 Å². The second-order valence-electron chi connectivity index (χ2n) is 8.15. The maximum Gasteiger partial charge on any atom is 0.265 e. The number of hydrogen-bond acceptors (Lipinski definition) is 5. The molecule has 2 aromatic heterocycles. The second kappa shape index (κ2) is 8.17. The zero-order valence-corrected chi connectivity index (χ0v) is 18.4. The second-order valence-corrected chi connectivity index (χ2v) is 9.58. The Morgan fingerprint density at radius 1 is 1.23 bits per heavy atom. The van der Waals surface area contributed by atoms with E-state index in [0.717, 1.165) is 34.6 Å². The van der Waals surface area contributed by atoms with Crippen molar-refractivity contribution in [1.82, 2.24) is 15.2 Å². The van der Waals surface area contributed by atoms with Gasteiger partial charge in [0.25, 0.3) is 5.91 Å². The Morgan fingerprint density at radius 2 is 1.97 bits per heavy atom. The molecule has 2 aliphatic heterocycles. The van der Waals surface area contributed by atoms with Gasteiger partial charge in [-0.25, -0.2) is 4.98 Å². The SMILES string of the molecule is COc1c(C(=O)NC2CC3CCC(C2)N3Cc2ccc(Cl)cc2)sc2ncccc12. The van der Waals surface area contributed by atoms with Crippen molar-refractivity contribution in [3.63, 3.8) is 0 Å². The zero-order valence-electron chi connectivity index (χ0n) is 16.8. The fraction of sp³-hybridized carbons (Fsp3) is 0.391.